The molecule has 21 heavy (non-hydrogen) atoms. The predicted molar refractivity (Wildman–Crippen MR) is 90.3 cm³/mol. The lowest BCUT2D eigenvalue weighted by molar-refractivity contribution is 0.455. The Labute approximate surface area is 130 Å². The number of benzene rings is 1. The van der Waals surface area contributed by atoms with Crippen LogP contribution in [0.15, 0.2) is 12.1 Å². The zero-order valence-electron chi connectivity index (χ0n) is 14.3. The first-order valence-corrected chi connectivity index (χ1v) is 8.60. The summed E-state index contributed by atoms with van der Waals surface area (Å²) in [6.45, 7) is 9.19. The highest BCUT2D eigenvalue weighted by Gasteiger charge is 2.17. The highest BCUT2D eigenvalue weighted by atomic mass is 19.1. The molecule has 0 aliphatic carbocycles. The number of hydrogen-bond donors (Lipinski definition) is 1. The third-order valence-corrected chi connectivity index (χ3v) is 4.13. The van der Waals surface area contributed by atoms with E-state index in [1.807, 2.05) is 13.8 Å². The highest BCUT2D eigenvalue weighted by Crippen LogP contribution is 2.27. The van der Waals surface area contributed by atoms with Crippen LogP contribution in [0.25, 0.3) is 0 Å². The Hall–Kier alpha value is -0.890. The summed E-state index contributed by atoms with van der Waals surface area (Å²) in [6, 6.07) is 3.90. The molecule has 0 saturated carbocycles. The van der Waals surface area contributed by atoms with E-state index < -0.39 is 0 Å². The van der Waals surface area contributed by atoms with Gasteiger partial charge in [-0.3, -0.25) is 0 Å². The minimum absolute atomic E-state index is 0.0515. The van der Waals surface area contributed by atoms with E-state index in [-0.39, 0.29) is 11.9 Å². The first-order valence-electron chi connectivity index (χ1n) is 8.60. The molecule has 0 spiro atoms. The zero-order chi connectivity index (χ0) is 15.7. The van der Waals surface area contributed by atoms with E-state index in [1.54, 1.807) is 6.07 Å². The maximum absolute atomic E-state index is 14.3. The molecule has 120 valence electrons. The van der Waals surface area contributed by atoms with Gasteiger partial charge in [-0.2, -0.15) is 0 Å². The normalized spacial score (nSPS) is 12.6. The third-order valence-electron chi connectivity index (χ3n) is 4.13. The van der Waals surface area contributed by atoms with Crippen molar-refractivity contribution in [2.75, 3.05) is 6.54 Å². The lowest BCUT2D eigenvalue weighted by Crippen LogP contribution is -2.23. The second-order valence-electron chi connectivity index (χ2n) is 6.14. The predicted octanol–water partition coefficient (Wildman–Crippen LogP) is 5.84. The van der Waals surface area contributed by atoms with Gasteiger partial charge in [-0.1, -0.05) is 58.4 Å². The summed E-state index contributed by atoms with van der Waals surface area (Å²) in [5.41, 5.74) is 2.95. The van der Waals surface area contributed by atoms with Gasteiger partial charge in [-0.05, 0) is 44.0 Å². The Balaban J connectivity index is 2.61. The fourth-order valence-corrected chi connectivity index (χ4v) is 3.09. The SMILES string of the molecule is CCCCCCCCC(NCC)c1c(C)cc(C)cc1F. The van der Waals surface area contributed by atoms with Crippen LogP contribution >= 0.6 is 0 Å². The van der Waals surface area contributed by atoms with E-state index in [2.05, 4.69) is 25.2 Å². The van der Waals surface area contributed by atoms with Crippen molar-refractivity contribution in [3.8, 4) is 0 Å². The minimum Gasteiger partial charge on any atom is -0.310 e. The summed E-state index contributed by atoms with van der Waals surface area (Å²) in [5, 5.41) is 3.46. The van der Waals surface area contributed by atoms with E-state index in [4.69, 9.17) is 0 Å². The third kappa shape index (κ3) is 6.17. The summed E-state index contributed by atoms with van der Waals surface area (Å²) in [6.07, 6.45) is 8.72. The maximum Gasteiger partial charge on any atom is 0.128 e. The molecule has 0 bridgehead atoms. The number of nitrogens with one attached hydrogen (secondary N) is 1. The van der Waals surface area contributed by atoms with Gasteiger partial charge < -0.3 is 5.32 Å². The van der Waals surface area contributed by atoms with Gasteiger partial charge in [-0.25, -0.2) is 4.39 Å². The van der Waals surface area contributed by atoms with Gasteiger partial charge in [0.2, 0.25) is 0 Å². The fraction of sp³-hybridized carbons (Fsp3) is 0.684. The van der Waals surface area contributed by atoms with Crippen molar-refractivity contribution >= 4 is 0 Å². The Morgan fingerprint density at radius 2 is 1.67 bits per heavy atom. The fourth-order valence-electron chi connectivity index (χ4n) is 3.09. The summed E-state index contributed by atoms with van der Waals surface area (Å²) in [5.74, 6) is -0.0515. The van der Waals surface area contributed by atoms with E-state index >= 15 is 0 Å². The Bertz CT molecular complexity index is 391. The van der Waals surface area contributed by atoms with Gasteiger partial charge in [0.05, 0.1) is 0 Å². The van der Waals surface area contributed by atoms with Gasteiger partial charge in [0.15, 0.2) is 0 Å². The average Bonchev–Trinajstić information content (AvgIpc) is 2.41. The zero-order valence-corrected chi connectivity index (χ0v) is 14.3. The molecule has 2 heteroatoms. The molecular formula is C19H32FN. The molecule has 1 atom stereocenters. The van der Waals surface area contributed by atoms with Crippen LogP contribution in [0.5, 0.6) is 0 Å². The van der Waals surface area contributed by atoms with Crippen LogP contribution in [0.2, 0.25) is 0 Å². The molecule has 1 N–H and O–H groups in total. The number of rotatable bonds is 10. The molecule has 0 saturated heterocycles. The number of hydrogen-bond acceptors (Lipinski definition) is 1. The first kappa shape index (κ1) is 18.2. The van der Waals surface area contributed by atoms with Crippen LogP contribution in [-0.4, -0.2) is 6.54 Å². The van der Waals surface area contributed by atoms with E-state index in [0.29, 0.717) is 0 Å². The summed E-state index contributed by atoms with van der Waals surface area (Å²) >= 11 is 0. The molecule has 0 amide bonds. The molecule has 1 aromatic rings. The summed E-state index contributed by atoms with van der Waals surface area (Å²) in [4.78, 5) is 0. The monoisotopic (exact) mass is 293 g/mol. The number of aryl methyl sites for hydroxylation is 2. The van der Waals surface area contributed by atoms with Gasteiger partial charge in [0, 0.05) is 11.6 Å². The summed E-state index contributed by atoms with van der Waals surface area (Å²) < 4.78 is 14.3. The lowest BCUT2D eigenvalue weighted by Gasteiger charge is -2.21. The van der Waals surface area contributed by atoms with Crippen molar-refractivity contribution < 1.29 is 4.39 Å². The van der Waals surface area contributed by atoms with Crippen molar-refractivity contribution in [3.05, 3.63) is 34.6 Å². The highest BCUT2D eigenvalue weighted by molar-refractivity contribution is 5.34. The topological polar surface area (TPSA) is 12.0 Å². The quantitative estimate of drug-likeness (QED) is 0.534. The molecule has 0 aliphatic heterocycles. The molecule has 0 aliphatic rings. The molecule has 0 heterocycles. The Morgan fingerprint density at radius 3 is 2.29 bits per heavy atom. The second-order valence-corrected chi connectivity index (χ2v) is 6.14. The maximum atomic E-state index is 14.3. The van der Waals surface area contributed by atoms with Crippen molar-refractivity contribution in [2.24, 2.45) is 0 Å². The first-order chi connectivity index (χ1) is 10.1. The molecule has 1 nitrogen and oxygen atoms in total. The molecule has 1 rings (SSSR count). The molecule has 1 aromatic carbocycles. The Kier molecular flexibility index (Phi) is 8.60. The van der Waals surface area contributed by atoms with Gasteiger partial charge in [0.1, 0.15) is 5.82 Å². The van der Waals surface area contributed by atoms with Crippen LogP contribution in [0.1, 0.15) is 81.5 Å². The Morgan fingerprint density at radius 1 is 1.00 bits per heavy atom. The van der Waals surface area contributed by atoms with E-state index in [1.165, 1.54) is 38.5 Å². The van der Waals surface area contributed by atoms with Crippen LogP contribution in [0.3, 0.4) is 0 Å². The molecular weight excluding hydrogens is 261 g/mol. The number of halogens is 1. The van der Waals surface area contributed by atoms with Gasteiger partial charge in [0.25, 0.3) is 0 Å². The number of unbranched alkanes of at least 4 members (excludes halogenated alkanes) is 5. The van der Waals surface area contributed by atoms with Crippen LogP contribution in [0, 0.1) is 19.7 Å². The summed E-state index contributed by atoms with van der Waals surface area (Å²) in [7, 11) is 0. The van der Waals surface area contributed by atoms with Crippen molar-refractivity contribution in [1.29, 1.82) is 0 Å². The standard InChI is InChI=1S/C19H32FN/c1-5-7-8-9-10-11-12-18(21-6-2)19-16(4)13-15(3)14-17(19)20/h13-14,18,21H,5-12H2,1-4H3. The van der Waals surface area contributed by atoms with E-state index in [9.17, 15) is 4.39 Å². The van der Waals surface area contributed by atoms with Gasteiger partial charge >= 0.3 is 0 Å². The molecule has 0 aromatic heterocycles. The smallest absolute Gasteiger partial charge is 0.128 e. The average molecular weight is 293 g/mol. The van der Waals surface area contributed by atoms with Crippen molar-refractivity contribution in [3.63, 3.8) is 0 Å². The van der Waals surface area contributed by atoms with Crippen LogP contribution in [0.4, 0.5) is 4.39 Å². The van der Waals surface area contributed by atoms with Crippen molar-refractivity contribution in [2.45, 2.75) is 78.7 Å². The molecule has 1 unspecified atom stereocenters. The molecule has 0 fully saturated rings. The largest absolute Gasteiger partial charge is 0.310 e. The van der Waals surface area contributed by atoms with Gasteiger partial charge in [-0.15, -0.1) is 0 Å². The van der Waals surface area contributed by atoms with Crippen LogP contribution < -0.4 is 5.32 Å². The minimum atomic E-state index is -0.0515. The van der Waals surface area contributed by atoms with Crippen LogP contribution in [-0.2, 0) is 0 Å². The lowest BCUT2D eigenvalue weighted by atomic mass is 9.94. The second kappa shape index (κ2) is 9.94. The molecule has 0 radical (unpaired) electrons. The van der Waals surface area contributed by atoms with Crippen molar-refractivity contribution in [1.82, 2.24) is 5.32 Å². The van der Waals surface area contributed by atoms with E-state index in [0.717, 1.165) is 29.7 Å².